The van der Waals surface area contributed by atoms with E-state index >= 15 is 0 Å². The summed E-state index contributed by atoms with van der Waals surface area (Å²) in [6.45, 7) is 2.19. The van der Waals surface area contributed by atoms with Gasteiger partial charge in [-0.25, -0.2) is 0 Å². The molecule has 0 unspecified atom stereocenters. The molecule has 1 heterocycles. The zero-order valence-corrected chi connectivity index (χ0v) is 8.80. The molecule has 2 heteroatoms. The van der Waals surface area contributed by atoms with Gasteiger partial charge in [0.25, 0.3) is 0 Å². The predicted octanol–water partition coefficient (Wildman–Crippen LogP) is 2.90. The normalized spacial score (nSPS) is 24.6. The van der Waals surface area contributed by atoms with Gasteiger partial charge in [-0.2, -0.15) is 0 Å². The summed E-state index contributed by atoms with van der Waals surface area (Å²) in [6, 6.07) is 0. The molecule has 0 aromatic carbocycles. The van der Waals surface area contributed by atoms with Crippen LogP contribution in [0, 0.1) is 0 Å². The molecular weight excluding hydrogens is 157 g/mol. The molecule has 0 amide bonds. The third kappa shape index (κ3) is 6.14. The van der Waals surface area contributed by atoms with Gasteiger partial charge in [0.15, 0.2) is 7.98 Å². The summed E-state index contributed by atoms with van der Waals surface area (Å²) < 4.78 is 0. The lowest BCUT2D eigenvalue weighted by atomic mass is 10.0. The van der Waals surface area contributed by atoms with Gasteiger partial charge in [0.2, 0.25) is 0 Å². The molecule has 1 saturated heterocycles. The first-order chi connectivity index (χ1) is 6.39. The summed E-state index contributed by atoms with van der Waals surface area (Å²) in [5, 5.41) is 0. The van der Waals surface area contributed by atoms with Crippen molar-refractivity contribution < 1.29 is 0 Å². The smallest absolute Gasteiger partial charge is 0.182 e. The number of nitrogens with zero attached hydrogens (tertiary/aromatic N) is 1. The van der Waals surface area contributed by atoms with Crippen LogP contribution >= 0.6 is 0 Å². The second-order valence-electron chi connectivity index (χ2n) is 4.22. The van der Waals surface area contributed by atoms with Gasteiger partial charge in [-0.3, -0.25) is 0 Å². The molecule has 1 fully saturated rings. The third-order valence-electron chi connectivity index (χ3n) is 2.89. The molecule has 1 nitrogen and oxygen atoms in total. The van der Waals surface area contributed by atoms with Gasteiger partial charge >= 0.3 is 0 Å². The van der Waals surface area contributed by atoms with Crippen molar-refractivity contribution in [3.05, 3.63) is 0 Å². The Balaban J connectivity index is 2.11. The molecule has 1 aliphatic heterocycles. The molecule has 1 rings (SSSR count). The first kappa shape index (κ1) is 11.1. The maximum absolute atomic E-state index is 5.85. The summed E-state index contributed by atoms with van der Waals surface area (Å²) in [5.74, 6) is 0. The fourth-order valence-corrected chi connectivity index (χ4v) is 1.98. The van der Waals surface area contributed by atoms with E-state index in [-0.39, 0.29) is 0 Å². The van der Waals surface area contributed by atoms with Crippen LogP contribution in [-0.4, -0.2) is 25.9 Å². The third-order valence-corrected chi connectivity index (χ3v) is 2.89. The van der Waals surface area contributed by atoms with Crippen molar-refractivity contribution >= 4 is 7.98 Å². The van der Waals surface area contributed by atoms with Crippen LogP contribution in [0.4, 0.5) is 0 Å². The Morgan fingerprint density at radius 2 is 0.846 bits per heavy atom. The van der Waals surface area contributed by atoms with E-state index < -0.39 is 0 Å². The predicted molar refractivity (Wildman–Crippen MR) is 58.9 cm³/mol. The van der Waals surface area contributed by atoms with Gasteiger partial charge in [-0.05, 0) is 25.9 Å². The fourth-order valence-electron chi connectivity index (χ4n) is 1.98. The first-order valence-corrected chi connectivity index (χ1v) is 5.89. The molecule has 0 atom stereocenters. The molecule has 0 N–H and O–H groups in total. The molecule has 0 aliphatic carbocycles. The zero-order valence-electron chi connectivity index (χ0n) is 8.80. The van der Waals surface area contributed by atoms with Crippen LogP contribution in [0.2, 0.25) is 0 Å². The summed E-state index contributed by atoms with van der Waals surface area (Å²) in [5.41, 5.74) is 0. The largest absolute Gasteiger partial charge is 0.353 e. The first-order valence-electron chi connectivity index (χ1n) is 5.89. The highest BCUT2D eigenvalue weighted by molar-refractivity contribution is 6.04. The molecule has 0 aromatic rings. The molecule has 13 heavy (non-hydrogen) atoms. The Labute approximate surface area is 84.3 Å². The van der Waals surface area contributed by atoms with Gasteiger partial charge in [0, 0.05) is 0 Å². The minimum atomic E-state index is 1.10. The number of hydrogen-bond donors (Lipinski definition) is 0. The Hall–Kier alpha value is 0.0249. The van der Waals surface area contributed by atoms with E-state index in [2.05, 4.69) is 0 Å². The summed E-state index contributed by atoms with van der Waals surface area (Å²) in [7, 11) is 5.85. The molecule has 0 aromatic heterocycles. The van der Waals surface area contributed by atoms with Crippen molar-refractivity contribution in [3.8, 4) is 0 Å². The van der Waals surface area contributed by atoms with Crippen molar-refractivity contribution in [2.24, 2.45) is 0 Å². The summed E-state index contributed by atoms with van der Waals surface area (Å²) in [4.78, 5) is 2.00. The van der Waals surface area contributed by atoms with E-state index in [0.717, 1.165) is 13.1 Å². The van der Waals surface area contributed by atoms with Gasteiger partial charge in [0.05, 0.1) is 0 Å². The van der Waals surface area contributed by atoms with Crippen LogP contribution in [0.5, 0.6) is 0 Å². The molecule has 0 saturated carbocycles. The Bertz CT molecular complexity index is 105. The highest BCUT2D eigenvalue weighted by atomic mass is 15.0. The highest BCUT2D eigenvalue weighted by Gasteiger charge is 2.00. The van der Waals surface area contributed by atoms with E-state index in [1.54, 1.807) is 0 Å². The molecule has 0 spiro atoms. The lowest BCUT2D eigenvalue weighted by Crippen LogP contribution is -2.22. The minimum absolute atomic E-state index is 1.10. The summed E-state index contributed by atoms with van der Waals surface area (Å²) >= 11 is 0. The summed E-state index contributed by atoms with van der Waals surface area (Å²) in [6.07, 6.45) is 12.5. The molecule has 1 aliphatic rings. The van der Waals surface area contributed by atoms with Crippen molar-refractivity contribution in [1.82, 2.24) is 4.81 Å². The molecule has 0 bridgehead atoms. The number of rotatable bonds is 0. The van der Waals surface area contributed by atoms with Crippen molar-refractivity contribution in [2.75, 3.05) is 13.1 Å². The fraction of sp³-hybridized carbons (Fsp3) is 1.00. The van der Waals surface area contributed by atoms with Crippen LogP contribution in [0.3, 0.4) is 0 Å². The Morgan fingerprint density at radius 1 is 0.538 bits per heavy atom. The van der Waals surface area contributed by atoms with Crippen molar-refractivity contribution in [1.29, 1.82) is 0 Å². The average molecular weight is 179 g/mol. The van der Waals surface area contributed by atoms with E-state index in [1.165, 1.54) is 57.8 Å². The Morgan fingerprint density at radius 3 is 1.23 bits per heavy atom. The van der Waals surface area contributed by atoms with Crippen LogP contribution in [0.25, 0.3) is 0 Å². The van der Waals surface area contributed by atoms with Gasteiger partial charge < -0.3 is 4.81 Å². The van der Waals surface area contributed by atoms with Gasteiger partial charge in [-0.1, -0.05) is 44.9 Å². The maximum atomic E-state index is 5.85. The van der Waals surface area contributed by atoms with Gasteiger partial charge in [-0.15, -0.1) is 0 Å². The molecule has 2 radical (unpaired) electrons. The van der Waals surface area contributed by atoms with E-state index in [1.807, 2.05) is 4.81 Å². The SMILES string of the molecule is [B]N1CCCCCCCCCCC1. The van der Waals surface area contributed by atoms with Crippen LogP contribution in [0.1, 0.15) is 57.8 Å². The van der Waals surface area contributed by atoms with Crippen LogP contribution < -0.4 is 0 Å². The average Bonchev–Trinajstić information content (AvgIpc) is 2.11. The molecule has 74 valence electrons. The lowest BCUT2D eigenvalue weighted by molar-refractivity contribution is 0.402. The second-order valence-corrected chi connectivity index (χ2v) is 4.22. The maximum Gasteiger partial charge on any atom is 0.182 e. The lowest BCUT2D eigenvalue weighted by Gasteiger charge is -2.17. The second kappa shape index (κ2) is 7.43. The topological polar surface area (TPSA) is 3.24 Å². The molecular formula is C11H22BN. The standard InChI is InChI=1S/C11H22BN/c12-13-10-8-6-4-2-1-3-5-7-9-11-13/h1-11H2. The van der Waals surface area contributed by atoms with Gasteiger partial charge in [0.1, 0.15) is 0 Å². The van der Waals surface area contributed by atoms with E-state index in [4.69, 9.17) is 7.98 Å². The van der Waals surface area contributed by atoms with Crippen molar-refractivity contribution in [2.45, 2.75) is 57.8 Å². The van der Waals surface area contributed by atoms with Crippen LogP contribution in [-0.2, 0) is 0 Å². The monoisotopic (exact) mass is 179 g/mol. The van der Waals surface area contributed by atoms with Crippen LogP contribution in [0.15, 0.2) is 0 Å². The van der Waals surface area contributed by atoms with E-state index in [0.29, 0.717) is 0 Å². The van der Waals surface area contributed by atoms with E-state index in [9.17, 15) is 0 Å². The Kier molecular flexibility index (Phi) is 6.35. The quantitative estimate of drug-likeness (QED) is 0.517. The zero-order chi connectivity index (χ0) is 9.36. The van der Waals surface area contributed by atoms with Crippen molar-refractivity contribution in [3.63, 3.8) is 0 Å². The minimum Gasteiger partial charge on any atom is -0.353 e. The highest BCUT2D eigenvalue weighted by Crippen LogP contribution is 2.11. The number of hydrogen-bond acceptors (Lipinski definition) is 1.